The second-order valence-electron chi connectivity index (χ2n) is 9.37. The lowest BCUT2D eigenvalue weighted by Crippen LogP contribution is -2.48. The van der Waals surface area contributed by atoms with E-state index in [4.69, 9.17) is 0 Å². The van der Waals surface area contributed by atoms with Crippen LogP contribution in [0.3, 0.4) is 0 Å². The highest BCUT2D eigenvalue weighted by Crippen LogP contribution is 2.36. The number of nitrogens with one attached hydrogen (secondary N) is 1. The van der Waals surface area contributed by atoms with E-state index in [2.05, 4.69) is 30.1 Å². The van der Waals surface area contributed by atoms with E-state index in [1.165, 1.54) is 0 Å². The molecule has 1 fully saturated rings. The normalized spacial score (nSPS) is 20.8. The van der Waals surface area contributed by atoms with Gasteiger partial charge in [0.25, 0.3) is 11.5 Å². The van der Waals surface area contributed by atoms with E-state index in [-0.39, 0.29) is 11.5 Å². The first-order valence-electron chi connectivity index (χ1n) is 11.3. The number of pyridine rings is 1. The molecule has 1 aromatic heterocycles. The molecule has 5 nitrogen and oxygen atoms in total. The number of amides is 1. The van der Waals surface area contributed by atoms with Gasteiger partial charge >= 0.3 is 0 Å². The smallest absolute Gasteiger partial charge is 0.251 e. The average Bonchev–Trinajstić information content (AvgIpc) is 2.72. The Kier molecular flexibility index (Phi) is 6.09. The van der Waals surface area contributed by atoms with Crippen LogP contribution in [0.5, 0.6) is 0 Å². The van der Waals surface area contributed by atoms with Gasteiger partial charge in [-0.2, -0.15) is 0 Å². The third kappa shape index (κ3) is 4.36. The summed E-state index contributed by atoms with van der Waals surface area (Å²) in [6.45, 7) is 11.3. The zero-order chi connectivity index (χ0) is 21.3. The number of aromatic nitrogens is 1. The molecule has 160 valence electrons. The molecule has 0 aliphatic carbocycles. The molecule has 0 spiro atoms. The van der Waals surface area contributed by atoms with Crippen molar-refractivity contribution in [2.24, 2.45) is 11.8 Å². The third-order valence-electron chi connectivity index (χ3n) is 6.25. The number of nitrogens with zero attached hydrogens (tertiary/aromatic N) is 2. The van der Waals surface area contributed by atoms with Crippen LogP contribution in [-0.4, -0.2) is 41.6 Å². The summed E-state index contributed by atoms with van der Waals surface area (Å²) in [6.07, 6.45) is 2.07. The Hall–Kier alpha value is -2.40. The van der Waals surface area contributed by atoms with Crippen molar-refractivity contribution in [3.05, 3.63) is 58.0 Å². The van der Waals surface area contributed by atoms with E-state index in [0.29, 0.717) is 29.9 Å². The summed E-state index contributed by atoms with van der Waals surface area (Å²) < 4.78 is 1.99. The summed E-state index contributed by atoms with van der Waals surface area (Å²) in [5.41, 5.74) is 3.71. The van der Waals surface area contributed by atoms with Crippen LogP contribution in [-0.2, 0) is 6.54 Å². The molecule has 1 aromatic carbocycles. The van der Waals surface area contributed by atoms with Gasteiger partial charge in [-0.3, -0.25) is 9.59 Å². The first-order chi connectivity index (χ1) is 14.4. The molecule has 5 heteroatoms. The minimum Gasteiger partial charge on any atom is -0.352 e. The highest BCUT2D eigenvalue weighted by atomic mass is 16.1. The molecule has 3 heterocycles. The number of carbonyl (C=O) groups is 1. The second kappa shape index (κ2) is 8.76. The maximum Gasteiger partial charge on any atom is 0.251 e. The monoisotopic (exact) mass is 407 g/mol. The second-order valence-corrected chi connectivity index (χ2v) is 9.37. The number of fused-ring (bicyclic) bond motifs is 4. The Balaban J connectivity index is 1.65. The standard InChI is InChI=1S/C25H33N3O2/c1-4-8-26-25(30)20-7-5-6-19(10-20)21-11-23-22-9-18(15-28(23)24(29)12-21)14-27(16-22)13-17(2)3/h5-7,10-12,17-18,22H,4,8-9,13-16H2,1-3H3,(H,26,30)/t18-,22+/m0/s1. The fourth-order valence-corrected chi connectivity index (χ4v) is 5.07. The molecule has 30 heavy (non-hydrogen) atoms. The topological polar surface area (TPSA) is 54.3 Å². The Morgan fingerprint density at radius 1 is 1.13 bits per heavy atom. The minimum atomic E-state index is -0.0622. The summed E-state index contributed by atoms with van der Waals surface area (Å²) in [6, 6.07) is 11.5. The first-order valence-corrected chi connectivity index (χ1v) is 11.3. The van der Waals surface area contributed by atoms with Crippen molar-refractivity contribution in [2.45, 2.75) is 46.1 Å². The maximum absolute atomic E-state index is 13.0. The molecule has 2 aliphatic heterocycles. The zero-order valence-electron chi connectivity index (χ0n) is 18.4. The molecule has 0 unspecified atom stereocenters. The van der Waals surface area contributed by atoms with Gasteiger partial charge in [-0.25, -0.2) is 0 Å². The van der Waals surface area contributed by atoms with Gasteiger partial charge < -0.3 is 14.8 Å². The highest BCUT2D eigenvalue weighted by molar-refractivity contribution is 5.95. The van der Waals surface area contributed by atoms with Gasteiger partial charge in [0.15, 0.2) is 0 Å². The highest BCUT2D eigenvalue weighted by Gasteiger charge is 2.34. The fourth-order valence-electron chi connectivity index (χ4n) is 5.07. The summed E-state index contributed by atoms with van der Waals surface area (Å²) in [5.74, 6) is 1.55. The number of piperidine rings is 1. The first kappa shape index (κ1) is 20.9. The summed E-state index contributed by atoms with van der Waals surface area (Å²) in [4.78, 5) is 27.9. The number of carbonyl (C=O) groups excluding carboxylic acids is 1. The van der Waals surface area contributed by atoms with Gasteiger partial charge in [0.05, 0.1) is 0 Å². The lowest BCUT2D eigenvalue weighted by molar-refractivity contribution is 0.0953. The van der Waals surface area contributed by atoms with Gasteiger partial charge in [0.2, 0.25) is 0 Å². The molecular formula is C25H33N3O2. The largest absolute Gasteiger partial charge is 0.352 e. The molecule has 2 atom stereocenters. The Bertz CT molecular complexity index is 979. The van der Waals surface area contributed by atoms with Crippen molar-refractivity contribution in [3.8, 4) is 11.1 Å². The molecular weight excluding hydrogens is 374 g/mol. The van der Waals surface area contributed by atoms with Crippen LogP contribution < -0.4 is 10.9 Å². The predicted molar refractivity (Wildman–Crippen MR) is 121 cm³/mol. The van der Waals surface area contributed by atoms with Crippen molar-refractivity contribution in [2.75, 3.05) is 26.2 Å². The molecule has 2 aromatic rings. The van der Waals surface area contributed by atoms with Crippen molar-refractivity contribution < 1.29 is 4.79 Å². The number of rotatable bonds is 6. The van der Waals surface area contributed by atoms with Crippen LogP contribution in [0.4, 0.5) is 0 Å². The van der Waals surface area contributed by atoms with Crippen LogP contribution in [0.1, 0.15) is 55.6 Å². The van der Waals surface area contributed by atoms with Gasteiger partial charge in [-0.1, -0.05) is 32.9 Å². The third-order valence-corrected chi connectivity index (χ3v) is 6.25. The number of benzene rings is 1. The van der Waals surface area contributed by atoms with E-state index >= 15 is 0 Å². The Morgan fingerprint density at radius 3 is 2.73 bits per heavy atom. The molecule has 1 N–H and O–H groups in total. The molecule has 0 radical (unpaired) electrons. The average molecular weight is 408 g/mol. The summed E-state index contributed by atoms with van der Waals surface area (Å²) >= 11 is 0. The zero-order valence-corrected chi connectivity index (χ0v) is 18.4. The Labute approximate surface area is 179 Å². The van der Waals surface area contributed by atoms with Gasteiger partial charge in [0, 0.05) is 56.0 Å². The van der Waals surface area contributed by atoms with E-state index < -0.39 is 0 Å². The van der Waals surface area contributed by atoms with Crippen molar-refractivity contribution in [1.82, 2.24) is 14.8 Å². The van der Waals surface area contributed by atoms with Crippen LogP contribution in [0.2, 0.25) is 0 Å². The number of hydrogen-bond donors (Lipinski definition) is 1. The fraction of sp³-hybridized carbons (Fsp3) is 0.520. The van der Waals surface area contributed by atoms with Gasteiger partial charge in [0.1, 0.15) is 0 Å². The van der Waals surface area contributed by atoms with Crippen LogP contribution in [0.25, 0.3) is 11.1 Å². The molecule has 1 saturated heterocycles. The lowest BCUT2D eigenvalue weighted by Gasteiger charge is -2.43. The van der Waals surface area contributed by atoms with Crippen molar-refractivity contribution in [1.29, 1.82) is 0 Å². The molecule has 4 rings (SSSR count). The maximum atomic E-state index is 13.0. The van der Waals surface area contributed by atoms with Gasteiger partial charge in [-0.05, 0) is 54.0 Å². The van der Waals surface area contributed by atoms with E-state index in [0.717, 1.165) is 55.8 Å². The lowest BCUT2D eigenvalue weighted by atomic mass is 9.82. The van der Waals surface area contributed by atoms with E-state index in [1.807, 2.05) is 35.8 Å². The summed E-state index contributed by atoms with van der Waals surface area (Å²) in [7, 11) is 0. The SMILES string of the molecule is CCCNC(=O)c1cccc(-c2cc3n(c(=O)c2)C[C@H]2C[C@@H]3CN(CC(C)C)C2)c1. The van der Waals surface area contributed by atoms with E-state index in [1.54, 1.807) is 6.07 Å². The molecule has 1 amide bonds. The van der Waals surface area contributed by atoms with Gasteiger partial charge in [-0.15, -0.1) is 0 Å². The minimum absolute atomic E-state index is 0.0622. The van der Waals surface area contributed by atoms with Crippen LogP contribution >= 0.6 is 0 Å². The quantitative estimate of drug-likeness (QED) is 0.794. The van der Waals surface area contributed by atoms with Crippen molar-refractivity contribution >= 4 is 5.91 Å². The number of hydrogen-bond acceptors (Lipinski definition) is 3. The summed E-state index contributed by atoms with van der Waals surface area (Å²) in [5, 5.41) is 2.93. The van der Waals surface area contributed by atoms with E-state index in [9.17, 15) is 9.59 Å². The molecule has 2 bridgehead atoms. The van der Waals surface area contributed by atoms with Crippen LogP contribution in [0.15, 0.2) is 41.2 Å². The molecule has 0 saturated carbocycles. The van der Waals surface area contributed by atoms with Crippen LogP contribution in [0, 0.1) is 11.8 Å². The number of likely N-dealkylation sites (tertiary alicyclic amines) is 1. The Morgan fingerprint density at radius 2 is 1.97 bits per heavy atom. The predicted octanol–water partition coefficient (Wildman–Crippen LogP) is 3.73. The van der Waals surface area contributed by atoms with Crippen molar-refractivity contribution in [3.63, 3.8) is 0 Å². The molecule has 2 aliphatic rings.